The number of piperidine rings is 1. The monoisotopic (exact) mass is 656 g/mol. The van der Waals surface area contributed by atoms with Gasteiger partial charge in [0.05, 0.1) is 36.0 Å². The number of likely N-dealkylation sites (tertiary alicyclic amines) is 1. The van der Waals surface area contributed by atoms with Crippen molar-refractivity contribution in [2.75, 3.05) is 61.5 Å². The average Bonchev–Trinajstić information content (AvgIpc) is 3.81. The number of benzene rings is 2. The van der Waals surface area contributed by atoms with Crippen molar-refractivity contribution in [1.82, 2.24) is 9.80 Å². The highest BCUT2D eigenvalue weighted by atomic mass is 32.1. The number of nitrogens with one attached hydrogen (secondary N) is 2. The first-order chi connectivity index (χ1) is 22.2. The smallest absolute Gasteiger partial charge is 0.322 e. The van der Waals surface area contributed by atoms with Crippen molar-refractivity contribution in [3.63, 3.8) is 0 Å². The molecule has 0 unspecified atom stereocenters. The molecule has 46 heavy (non-hydrogen) atoms. The predicted octanol–water partition coefficient (Wildman–Crippen LogP) is 8.08. The Morgan fingerprint density at radius 3 is 2.00 bits per heavy atom. The number of anilines is 4. The molecule has 3 aliphatic rings. The molecule has 0 spiro atoms. The number of hydrogen-bond donors (Lipinski definition) is 4. The van der Waals surface area contributed by atoms with E-state index in [4.69, 9.17) is 16.2 Å². The summed E-state index contributed by atoms with van der Waals surface area (Å²) in [7, 11) is 0. The van der Waals surface area contributed by atoms with Crippen molar-refractivity contribution >= 4 is 46.1 Å². The third-order valence-corrected chi connectivity index (χ3v) is 9.25. The first kappa shape index (κ1) is 35.0. The molecule has 2 aliphatic heterocycles. The average molecular weight is 657 g/mol. The number of urea groups is 2. The van der Waals surface area contributed by atoms with Gasteiger partial charge in [-0.2, -0.15) is 0 Å². The maximum absolute atomic E-state index is 13.2. The van der Waals surface area contributed by atoms with E-state index in [-0.39, 0.29) is 38.0 Å². The Kier molecular flexibility index (Phi) is 12.6. The van der Waals surface area contributed by atoms with Gasteiger partial charge in [-0.05, 0) is 65.6 Å². The number of hydrogen-bond acceptors (Lipinski definition) is 6. The van der Waals surface area contributed by atoms with Crippen molar-refractivity contribution in [3.05, 3.63) is 59.5 Å². The van der Waals surface area contributed by atoms with Crippen LogP contribution in [0.15, 0.2) is 53.9 Å². The van der Waals surface area contributed by atoms with Crippen LogP contribution in [0, 0.1) is 0 Å². The molecule has 1 saturated carbocycles. The van der Waals surface area contributed by atoms with Crippen molar-refractivity contribution < 1.29 is 23.1 Å². The molecule has 9 nitrogen and oxygen atoms in total. The summed E-state index contributed by atoms with van der Waals surface area (Å²) in [6.45, 7) is 6.52. The number of alkyl halides is 2. The summed E-state index contributed by atoms with van der Waals surface area (Å²) in [6, 6.07) is 15.0. The number of nitrogen functional groups attached to an aromatic ring is 2. The fraction of sp³-hybridized carbons (Fsp3) is 0.471. The van der Waals surface area contributed by atoms with Gasteiger partial charge in [-0.1, -0.05) is 44.9 Å². The van der Waals surface area contributed by atoms with Gasteiger partial charge in [-0.15, -0.1) is 11.3 Å². The summed E-state index contributed by atoms with van der Waals surface area (Å²) < 4.78 is 31.6. The first-order valence-electron chi connectivity index (χ1n) is 16.1. The second kappa shape index (κ2) is 16.6. The molecule has 4 amide bonds. The van der Waals surface area contributed by atoms with E-state index in [1.807, 2.05) is 67.8 Å². The van der Waals surface area contributed by atoms with Gasteiger partial charge in [0.25, 0.3) is 5.92 Å². The molecule has 0 atom stereocenters. The zero-order chi connectivity index (χ0) is 33.1. The second-order valence-electron chi connectivity index (χ2n) is 11.4. The van der Waals surface area contributed by atoms with Gasteiger partial charge in [0.2, 0.25) is 0 Å². The molecule has 6 N–H and O–H groups in total. The Morgan fingerprint density at radius 1 is 0.848 bits per heavy atom. The number of nitrogens with zero attached hydrogens (tertiary/aromatic N) is 2. The van der Waals surface area contributed by atoms with Crippen LogP contribution in [0.5, 0.6) is 0 Å². The number of carbonyl (C=O) groups excluding carboxylic acids is 2. The summed E-state index contributed by atoms with van der Waals surface area (Å²) in [6.07, 6.45) is 4.24. The molecule has 3 heterocycles. The molecule has 0 bridgehead atoms. The van der Waals surface area contributed by atoms with E-state index in [9.17, 15) is 18.4 Å². The van der Waals surface area contributed by atoms with E-state index < -0.39 is 5.92 Å². The third kappa shape index (κ3) is 9.56. The topological polar surface area (TPSA) is 126 Å². The number of thiophene rings is 1. The lowest BCUT2D eigenvalue weighted by molar-refractivity contribution is -0.0461. The largest absolute Gasteiger partial charge is 0.397 e. The molecule has 1 aliphatic carbocycles. The molecule has 3 aromatic rings. The lowest BCUT2D eigenvalue weighted by atomic mass is 9.97. The minimum Gasteiger partial charge on any atom is -0.397 e. The summed E-state index contributed by atoms with van der Waals surface area (Å²) in [5, 5.41) is 7.71. The highest BCUT2D eigenvalue weighted by Crippen LogP contribution is 2.36. The van der Waals surface area contributed by atoms with E-state index in [1.165, 1.54) is 36.1 Å². The van der Waals surface area contributed by atoms with Gasteiger partial charge in [0.1, 0.15) is 0 Å². The fourth-order valence-electron chi connectivity index (χ4n) is 5.65. The van der Waals surface area contributed by atoms with Crippen LogP contribution >= 0.6 is 11.3 Å². The Labute approximate surface area is 274 Å². The van der Waals surface area contributed by atoms with Crippen molar-refractivity contribution in [2.45, 2.75) is 64.2 Å². The second-order valence-corrected chi connectivity index (χ2v) is 12.4. The van der Waals surface area contributed by atoms with Crippen molar-refractivity contribution in [3.8, 4) is 10.4 Å². The SMILES string of the molecule is CC.Nc1ccc(-c2cccs2)cc1NC(=O)N1CCOCC1.Nc1ccc(C2CCCC2)cc1NC(=O)N1CCC(F)(F)CC1. The summed E-state index contributed by atoms with van der Waals surface area (Å²) in [5.41, 5.74) is 16.5. The van der Waals surface area contributed by atoms with E-state index in [2.05, 4.69) is 10.6 Å². The van der Waals surface area contributed by atoms with E-state index >= 15 is 0 Å². The fourth-order valence-corrected chi connectivity index (χ4v) is 6.37. The molecule has 6 rings (SSSR count). The number of morpholine rings is 1. The number of nitrogens with two attached hydrogens (primary N) is 2. The quantitative estimate of drug-likeness (QED) is 0.211. The van der Waals surface area contributed by atoms with Crippen molar-refractivity contribution in [1.29, 1.82) is 0 Å². The number of ether oxygens (including phenoxy) is 1. The summed E-state index contributed by atoms with van der Waals surface area (Å²) >= 11 is 1.66. The van der Waals surface area contributed by atoms with Gasteiger partial charge in [0, 0.05) is 43.9 Å². The molecular weight excluding hydrogens is 610 g/mol. The highest BCUT2D eigenvalue weighted by Gasteiger charge is 2.35. The van der Waals surface area contributed by atoms with Gasteiger partial charge in [-0.25, -0.2) is 18.4 Å². The first-order valence-corrected chi connectivity index (χ1v) is 17.0. The minimum atomic E-state index is -2.65. The maximum Gasteiger partial charge on any atom is 0.322 e. The molecule has 2 saturated heterocycles. The van der Waals surface area contributed by atoms with Crippen molar-refractivity contribution in [2.24, 2.45) is 0 Å². The Hall–Kier alpha value is -3.90. The predicted molar refractivity (Wildman–Crippen MR) is 184 cm³/mol. The molecule has 1 aromatic heterocycles. The molecule has 250 valence electrons. The Balaban J connectivity index is 0.000000199. The number of carbonyl (C=O) groups is 2. The van der Waals surface area contributed by atoms with Crippen LogP contribution in [0.4, 0.5) is 41.1 Å². The number of halogens is 2. The van der Waals surface area contributed by atoms with Gasteiger partial charge in [-0.3, -0.25) is 0 Å². The highest BCUT2D eigenvalue weighted by molar-refractivity contribution is 7.13. The van der Waals surface area contributed by atoms with Crippen LogP contribution in [0.2, 0.25) is 0 Å². The normalized spacial score (nSPS) is 17.7. The standard InChI is InChI=1S/C17H23F2N3O.C15H17N3O2S.C2H6/c18-17(19)7-9-22(10-8-17)16(23)21-15-11-13(5-6-14(15)20)12-3-1-2-4-12;16-12-4-3-11(14-2-1-9-21-14)10-13(12)17-15(19)18-5-7-20-8-6-18;1-2/h5-6,11-12H,1-4,7-10,20H2,(H,21,23);1-4,9-10H,5-8,16H2,(H,17,19);1-2H3. The lowest BCUT2D eigenvalue weighted by Crippen LogP contribution is -2.44. The van der Waals surface area contributed by atoms with Crippen LogP contribution in [-0.2, 0) is 4.74 Å². The van der Waals surface area contributed by atoms with Crippen LogP contribution in [0.1, 0.15) is 63.9 Å². The molecule has 12 heteroatoms. The van der Waals surface area contributed by atoms with Crippen LogP contribution in [0.25, 0.3) is 10.4 Å². The summed E-state index contributed by atoms with van der Waals surface area (Å²) in [5.74, 6) is -2.13. The number of rotatable bonds is 4. The Morgan fingerprint density at radius 2 is 1.41 bits per heavy atom. The summed E-state index contributed by atoms with van der Waals surface area (Å²) in [4.78, 5) is 28.8. The van der Waals surface area contributed by atoms with E-state index in [0.717, 1.165) is 10.4 Å². The third-order valence-electron chi connectivity index (χ3n) is 8.33. The molecule has 3 fully saturated rings. The zero-order valence-electron chi connectivity index (χ0n) is 26.7. The molecule has 2 aromatic carbocycles. The number of amides is 4. The van der Waals surface area contributed by atoms with Crippen LogP contribution < -0.4 is 22.1 Å². The van der Waals surface area contributed by atoms with Gasteiger partial charge >= 0.3 is 12.1 Å². The van der Waals surface area contributed by atoms with Gasteiger partial charge in [0.15, 0.2) is 0 Å². The maximum atomic E-state index is 13.2. The minimum absolute atomic E-state index is 0.0705. The van der Waals surface area contributed by atoms with E-state index in [1.54, 1.807) is 16.2 Å². The Bertz CT molecular complexity index is 1420. The van der Waals surface area contributed by atoms with Gasteiger partial charge < -0.3 is 36.6 Å². The van der Waals surface area contributed by atoms with Crippen LogP contribution in [-0.4, -0.2) is 67.2 Å². The molecule has 0 radical (unpaired) electrons. The zero-order valence-corrected chi connectivity index (χ0v) is 27.5. The molecular formula is C34H46F2N6O3S. The van der Waals surface area contributed by atoms with Crippen LogP contribution in [0.3, 0.4) is 0 Å². The lowest BCUT2D eigenvalue weighted by Gasteiger charge is -2.31. The van der Waals surface area contributed by atoms with E-state index in [0.29, 0.717) is 55.0 Å².